The first kappa shape index (κ1) is 45.3. The van der Waals surface area contributed by atoms with Gasteiger partial charge in [-0.25, -0.2) is 0 Å². The van der Waals surface area contributed by atoms with Crippen molar-refractivity contribution < 1.29 is 40.9 Å². The molecule has 8 aromatic rings. The maximum Gasteiger partial charge on any atom is 0.123 e. The third-order valence-corrected chi connectivity index (χ3v) is 14.1. The van der Waals surface area contributed by atoms with Crippen molar-refractivity contribution in [2.24, 2.45) is 0 Å². The molecule has 8 aromatic carbocycles. The van der Waals surface area contributed by atoms with Crippen LogP contribution in [0.15, 0.2) is 146 Å². The first-order valence-corrected chi connectivity index (χ1v) is 23.4. The molecule has 8 nitrogen and oxygen atoms in total. The molecule has 344 valence electrons. The minimum Gasteiger partial charge on any atom is -0.507 e. The quantitative estimate of drug-likeness (QED) is 0.0747. The van der Waals surface area contributed by atoms with Crippen LogP contribution in [-0.4, -0.2) is 40.9 Å². The molecule has 0 fully saturated rings. The molecule has 9 rings (SSSR count). The SMILES string of the molecule is CCc1ccc([C@H]2c3cc(c(O)cc3O)[C@@H](c3ccc(CC)cc3)c3cc(c(O)cc3O)[C@@H](c3ccc(CC)cc3)c3cc(c(O)cc3O)[C@@H](c3ccc(CC)cc3)c3cc2c(O)cc3O)cc1. The molecule has 0 unspecified atom stereocenters. The molecule has 0 radical (unpaired) electrons. The van der Waals surface area contributed by atoms with E-state index in [1.165, 1.54) is 24.3 Å². The molecule has 8 heteroatoms. The first-order chi connectivity index (χ1) is 32.8. The van der Waals surface area contributed by atoms with Crippen molar-refractivity contribution in [3.63, 3.8) is 0 Å². The summed E-state index contributed by atoms with van der Waals surface area (Å²) in [5.41, 5.74) is 9.60. The van der Waals surface area contributed by atoms with Crippen molar-refractivity contribution in [2.45, 2.75) is 77.0 Å². The molecule has 8 N–H and O–H groups in total. The summed E-state index contributed by atoms with van der Waals surface area (Å²) in [7, 11) is 0. The van der Waals surface area contributed by atoms with Gasteiger partial charge in [-0.15, -0.1) is 0 Å². The van der Waals surface area contributed by atoms with Crippen LogP contribution in [-0.2, 0) is 25.7 Å². The molecule has 1 aliphatic carbocycles. The van der Waals surface area contributed by atoms with Crippen molar-refractivity contribution in [1.29, 1.82) is 0 Å². The van der Waals surface area contributed by atoms with Gasteiger partial charge in [-0.3, -0.25) is 0 Å². The van der Waals surface area contributed by atoms with E-state index < -0.39 is 23.7 Å². The zero-order chi connectivity index (χ0) is 48.0. The fraction of sp³-hybridized carbons (Fsp3) is 0.200. The predicted molar refractivity (Wildman–Crippen MR) is 266 cm³/mol. The maximum atomic E-state index is 12.1. The van der Waals surface area contributed by atoms with Crippen molar-refractivity contribution in [3.05, 3.63) is 235 Å². The second kappa shape index (κ2) is 18.4. The monoisotopic (exact) mass is 904 g/mol. The van der Waals surface area contributed by atoms with E-state index in [0.29, 0.717) is 66.8 Å². The highest BCUT2D eigenvalue weighted by atomic mass is 16.3. The second-order valence-electron chi connectivity index (χ2n) is 18.0. The van der Waals surface area contributed by atoms with E-state index in [4.69, 9.17) is 0 Å². The molecule has 0 spiro atoms. The molecule has 0 saturated carbocycles. The molecule has 68 heavy (non-hydrogen) atoms. The van der Waals surface area contributed by atoms with Crippen LogP contribution >= 0.6 is 0 Å². The Morgan fingerprint density at radius 3 is 0.515 bits per heavy atom. The van der Waals surface area contributed by atoms with Crippen molar-refractivity contribution >= 4 is 0 Å². The molecule has 0 atom stereocenters. The number of aromatic hydroxyl groups is 8. The van der Waals surface area contributed by atoms with Gasteiger partial charge < -0.3 is 40.9 Å². The van der Waals surface area contributed by atoms with Crippen LogP contribution in [0.25, 0.3) is 0 Å². The van der Waals surface area contributed by atoms with Crippen LogP contribution in [0.3, 0.4) is 0 Å². The summed E-state index contributed by atoms with van der Waals surface area (Å²) >= 11 is 0. The maximum absolute atomic E-state index is 12.1. The summed E-state index contributed by atoms with van der Waals surface area (Å²) in [6.07, 6.45) is 3.08. The predicted octanol–water partition coefficient (Wildman–Crippen LogP) is 12.6. The Morgan fingerprint density at radius 1 is 0.235 bits per heavy atom. The average molecular weight is 905 g/mol. The fourth-order valence-electron chi connectivity index (χ4n) is 10.2. The standard InChI is InChI=1S/C60H56O8/c1-5-33-9-17-37(18-10-33)57-41-25-43(51(63)29-49(41)61)58(38-19-11-34(6-2)12-20-38)45-27-47(55(67)31-53(45)65)60(40-23-15-36(8-4)16-24-40)48-28-46(54(66)32-56(48)68)59(39-21-13-35(7-3)14-22-39)44-26-42(57)50(62)30-52(44)64/h9-32,57-68H,5-8H2,1-4H3/t57-,58+,59-,60+. The molecule has 0 saturated heterocycles. The van der Waals surface area contributed by atoms with Crippen LogP contribution in [0.4, 0.5) is 0 Å². The number of aryl methyl sites for hydroxylation is 4. The van der Waals surface area contributed by atoms with E-state index in [-0.39, 0.29) is 46.0 Å². The number of fused-ring (bicyclic) bond motifs is 8. The molecule has 0 aromatic heterocycles. The Balaban J connectivity index is 1.46. The van der Waals surface area contributed by atoms with E-state index in [2.05, 4.69) is 27.7 Å². The lowest BCUT2D eigenvalue weighted by atomic mass is 9.75. The van der Waals surface area contributed by atoms with E-state index in [9.17, 15) is 40.9 Å². The van der Waals surface area contributed by atoms with E-state index in [1.807, 2.05) is 97.1 Å². The van der Waals surface area contributed by atoms with E-state index in [0.717, 1.165) is 47.9 Å². The van der Waals surface area contributed by atoms with Gasteiger partial charge in [-0.05, 0) is 94.5 Å². The summed E-state index contributed by atoms with van der Waals surface area (Å²) in [4.78, 5) is 0. The highest BCUT2D eigenvalue weighted by Crippen LogP contribution is 2.53. The Kier molecular flexibility index (Phi) is 12.3. The van der Waals surface area contributed by atoms with Crippen LogP contribution in [0.1, 0.15) is 140 Å². The van der Waals surface area contributed by atoms with Crippen LogP contribution in [0.5, 0.6) is 46.0 Å². The summed E-state index contributed by atoms with van der Waals surface area (Å²) in [6, 6.07) is 43.3. The van der Waals surface area contributed by atoms with E-state index in [1.54, 1.807) is 24.3 Å². The molecule has 1 aliphatic rings. The van der Waals surface area contributed by atoms with Gasteiger partial charge in [0.15, 0.2) is 0 Å². The second-order valence-corrected chi connectivity index (χ2v) is 18.0. The van der Waals surface area contributed by atoms with Gasteiger partial charge in [0, 0.05) is 92.4 Å². The molecule has 0 aliphatic heterocycles. The van der Waals surface area contributed by atoms with Gasteiger partial charge in [0.05, 0.1) is 0 Å². The molecular formula is C60H56O8. The lowest BCUT2D eigenvalue weighted by molar-refractivity contribution is 0.431. The van der Waals surface area contributed by atoms with Gasteiger partial charge in [-0.1, -0.05) is 125 Å². The highest BCUT2D eigenvalue weighted by Gasteiger charge is 2.35. The van der Waals surface area contributed by atoms with Crippen molar-refractivity contribution in [1.82, 2.24) is 0 Å². The highest BCUT2D eigenvalue weighted by molar-refractivity contribution is 5.67. The number of benzene rings is 8. The van der Waals surface area contributed by atoms with Gasteiger partial charge in [0.2, 0.25) is 0 Å². The normalized spacial score (nSPS) is 16.6. The average Bonchev–Trinajstić information content (AvgIpc) is 3.34. The largest absolute Gasteiger partial charge is 0.507 e. The molecule has 0 heterocycles. The van der Waals surface area contributed by atoms with Gasteiger partial charge in [0.25, 0.3) is 0 Å². The van der Waals surface area contributed by atoms with Gasteiger partial charge in [0.1, 0.15) is 46.0 Å². The Hall–Kier alpha value is -7.84. The van der Waals surface area contributed by atoms with Crippen LogP contribution < -0.4 is 0 Å². The lowest BCUT2D eigenvalue weighted by Crippen LogP contribution is -2.13. The third-order valence-electron chi connectivity index (χ3n) is 14.1. The number of hydrogen-bond acceptors (Lipinski definition) is 8. The number of rotatable bonds is 8. The summed E-state index contributed by atoms with van der Waals surface area (Å²) in [6.45, 7) is 8.21. The first-order valence-electron chi connectivity index (χ1n) is 23.4. The Morgan fingerprint density at radius 2 is 0.382 bits per heavy atom. The molecule has 8 bridgehead atoms. The van der Waals surface area contributed by atoms with E-state index >= 15 is 0 Å². The van der Waals surface area contributed by atoms with Crippen molar-refractivity contribution in [2.75, 3.05) is 0 Å². The Labute approximate surface area is 397 Å². The summed E-state index contributed by atoms with van der Waals surface area (Å²) < 4.78 is 0. The fourth-order valence-corrected chi connectivity index (χ4v) is 10.2. The smallest absolute Gasteiger partial charge is 0.123 e. The van der Waals surface area contributed by atoms with Crippen LogP contribution in [0, 0.1) is 0 Å². The molecule has 0 amide bonds. The van der Waals surface area contributed by atoms with Gasteiger partial charge in [-0.2, -0.15) is 0 Å². The number of hydrogen-bond donors (Lipinski definition) is 8. The van der Waals surface area contributed by atoms with Crippen LogP contribution in [0.2, 0.25) is 0 Å². The minimum atomic E-state index is -0.901. The zero-order valence-corrected chi connectivity index (χ0v) is 38.6. The number of phenolic OH excluding ortho intramolecular Hbond substituents is 8. The minimum absolute atomic E-state index is 0.259. The number of phenols is 8. The topological polar surface area (TPSA) is 162 Å². The molecular weight excluding hydrogens is 849 g/mol. The van der Waals surface area contributed by atoms with Crippen molar-refractivity contribution in [3.8, 4) is 46.0 Å². The summed E-state index contributed by atoms with van der Waals surface area (Å²) in [5.74, 6) is -5.68. The zero-order valence-electron chi connectivity index (χ0n) is 38.6. The Bertz CT molecular complexity index is 2610. The summed E-state index contributed by atoms with van der Waals surface area (Å²) in [5, 5.41) is 96.8. The third kappa shape index (κ3) is 8.21. The lowest BCUT2D eigenvalue weighted by Gasteiger charge is -2.30. The van der Waals surface area contributed by atoms with Gasteiger partial charge >= 0.3 is 0 Å².